The van der Waals surface area contributed by atoms with E-state index in [1.54, 1.807) is 18.2 Å². The molecular formula is C9H13N3O2. The Balaban J connectivity index is 2.94. The molecule has 0 spiro atoms. The number of rotatable bonds is 3. The van der Waals surface area contributed by atoms with Crippen LogP contribution in [0.15, 0.2) is 18.2 Å². The Morgan fingerprint density at radius 3 is 2.79 bits per heavy atom. The highest BCUT2D eigenvalue weighted by molar-refractivity contribution is 5.94. The van der Waals surface area contributed by atoms with Crippen LogP contribution in [0.4, 0.5) is 5.69 Å². The molecule has 1 amide bonds. The second-order valence-corrected chi connectivity index (χ2v) is 2.81. The molecule has 0 saturated carbocycles. The van der Waals surface area contributed by atoms with Gasteiger partial charge in [-0.05, 0) is 24.6 Å². The Hall–Kier alpha value is -1.59. The van der Waals surface area contributed by atoms with Gasteiger partial charge in [-0.2, -0.15) is 0 Å². The van der Waals surface area contributed by atoms with Gasteiger partial charge in [-0.1, -0.05) is 6.07 Å². The van der Waals surface area contributed by atoms with E-state index >= 15 is 0 Å². The number of amides is 1. The number of carbonyl (C=O) groups excluding carboxylic acids is 1. The monoisotopic (exact) mass is 195 g/mol. The normalized spacial score (nSPS) is 9.64. The third-order valence-corrected chi connectivity index (χ3v) is 1.85. The third-order valence-electron chi connectivity index (χ3n) is 1.85. The van der Waals surface area contributed by atoms with Gasteiger partial charge in [0, 0.05) is 5.56 Å². The van der Waals surface area contributed by atoms with Crippen molar-refractivity contribution in [3.05, 3.63) is 29.3 Å². The molecule has 0 aliphatic heterocycles. The molecule has 1 rings (SSSR count). The Kier molecular flexibility index (Phi) is 3.44. The number of nitrogens with one attached hydrogen (secondary N) is 2. The van der Waals surface area contributed by atoms with E-state index in [0.717, 1.165) is 5.56 Å². The quantitative estimate of drug-likeness (QED) is 0.487. The number of nitrogens with two attached hydrogens (primary N) is 1. The van der Waals surface area contributed by atoms with Crippen molar-refractivity contribution < 1.29 is 9.63 Å². The van der Waals surface area contributed by atoms with Crippen LogP contribution in [0.2, 0.25) is 0 Å². The fourth-order valence-electron chi connectivity index (χ4n) is 1.07. The van der Waals surface area contributed by atoms with Crippen molar-refractivity contribution in [1.29, 1.82) is 0 Å². The largest absolute Gasteiger partial charge is 0.324 e. The molecule has 0 aliphatic carbocycles. The fourth-order valence-corrected chi connectivity index (χ4v) is 1.07. The number of hydrogen-bond acceptors (Lipinski definition) is 4. The Morgan fingerprint density at radius 2 is 2.21 bits per heavy atom. The van der Waals surface area contributed by atoms with Crippen LogP contribution in [0.3, 0.4) is 0 Å². The van der Waals surface area contributed by atoms with Crippen molar-refractivity contribution in [1.82, 2.24) is 5.48 Å². The second kappa shape index (κ2) is 4.59. The first-order valence-electron chi connectivity index (χ1n) is 4.09. The molecule has 0 unspecified atom stereocenters. The molecule has 0 aromatic heterocycles. The van der Waals surface area contributed by atoms with Crippen LogP contribution in [-0.4, -0.2) is 13.0 Å². The first-order chi connectivity index (χ1) is 6.69. The van der Waals surface area contributed by atoms with Crippen molar-refractivity contribution in [2.45, 2.75) is 6.92 Å². The summed E-state index contributed by atoms with van der Waals surface area (Å²) in [4.78, 5) is 15.8. The summed E-state index contributed by atoms with van der Waals surface area (Å²) in [5.41, 5.74) is 6.92. The number of anilines is 1. The maximum Gasteiger partial charge on any atom is 0.274 e. The molecule has 0 saturated heterocycles. The fraction of sp³-hybridized carbons (Fsp3) is 0.222. The van der Waals surface area contributed by atoms with Gasteiger partial charge in [0.25, 0.3) is 5.91 Å². The van der Waals surface area contributed by atoms with Crippen molar-refractivity contribution in [2.75, 3.05) is 12.5 Å². The van der Waals surface area contributed by atoms with Crippen LogP contribution < -0.4 is 16.7 Å². The van der Waals surface area contributed by atoms with Crippen LogP contribution in [0.5, 0.6) is 0 Å². The summed E-state index contributed by atoms with van der Waals surface area (Å²) in [5, 5.41) is 0. The molecule has 76 valence electrons. The van der Waals surface area contributed by atoms with Crippen LogP contribution in [0.25, 0.3) is 0 Å². The average Bonchev–Trinajstić information content (AvgIpc) is 2.19. The average molecular weight is 195 g/mol. The molecule has 0 bridgehead atoms. The maximum absolute atomic E-state index is 11.3. The van der Waals surface area contributed by atoms with Crippen LogP contribution >= 0.6 is 0 Å². The van der Waals surface area contributed by atoms with E-state index in [4.69, 9.17) is 5.84 Å². The summed E-state index contributed by atoms with van der Waals surface area (Å²) in [5.74, 6) is 4.98. The van der Waals surface area contributed by atoms with Gasteiger partial charge < -0.3 is 5.43 Å². The first kappa shape index (κ1) is 10.5. The summed E-state index contributed by atoms with van der Waals surface area (Å²) < 4.78 is 0. The highest BCUT2D eigenvalue weighted by Crippen LogP contribution is 2.15. The minimum atomic E-state index is -0.302. The molecule has 0 atom stereocenters. The molecule has 0 aliphatic rings. The summed E-state index contributed by atoms with van der Waals surface area (Å²) in [6.45, 7) is 1.90. The lowest BCUT2D eigenvalue weighted by atomic mass is 10.1. The summed E-state index contributed by atoms with van der Waals surface area (Å²) in [6.07, 6.45) is 0. The van der Waals surface area contributed by atoms with Gasteiger partial charge in [-0.3, -0.25) is 15.5 Å². The Labute approximate surface area is 82.2 Å². The molecule has 5 nitrogen and oxygen atoms in total. The van der Waals surface area contributed by atoms with Gasteiger partial charge in [-0.15, -0.1) is 0 Å². The number of carbonyl (C=O) groups is 1. The molecule has 0 fully saturated rings. The zero-order valence-corrected chi connectivity index (χ0v) is 8.13. The second-order valence-electron chi connectivity index (χ2n) is 2.81. The van der Waals surface area contributed by atoms with E-state index in [2.05, 4.69) is 15.7 Å². The standard InChI is InChI=1S/C9H13N3O2/c1-6-3-4-7(5-8(6)11-10)9(13)12-14-2/h3-5,11H,10H2,1-2H3,(H,12,13). The highest BCUT2D eigenvalue weighted by atomic mass is 16.6. The van der Waals surface area contributed by atoms with E-state index in [1.807, 2.05) is 6.92 Å². The molecule has 1 aromatic carbocycles. The number of hydrogen-bond donors (Lipinski definition) is 3. The minimum absolute atomic E-state index is 0.302. The number of hydrazine groups is 1. The number of hydroxylamine groups is 1. The molecule has 14 heavy (non-hydrogen) atoms. The van der Waals surface area contributed by atoms with E-state index in [1.165, 1.54) is 7.11 Å². The SMILES string of the molecule is CONC(=O)c1ccc(C)c(NN)c1. The highest BCUT2D eigenvalue weighted by Gasteiger charge is 2.06. The Morgan fingerprint density at radius 1 is 1.50 bits per heavy atom. The van der Waals surface area contributed by atoms with Crippen molar-refractivity contribution in [2.24, 2.45) is 5.84 Å². The van der Waals surface area contributed by atoms with Crippen molar-refractivity contribution >= 4 is 11.6 Å². The third kappa shape index (κ3) is 2.21. The van der Waals surface area contributed by atoms with E-state index in [0.29, 0.717) is 11.3 Å². The summed E-state index contributed by atoms with van der Waals surface area (Å²) >= 11 is 0. The van der Waals surface area contributed by atoms with Crippen molar-refractivity contribution in [3.8, 4) is 0 Å². The zero-order valence-electron chi connectivity index (χ0n) is 8.13. The lowest BCUT2D eigenvalue weighted by Gasteiger charge is -2.07. The minimum Gasteiger partial charge on any atom is -0.324 e. The summed E-state index contributed by atoms with van der Waals surface area (Å²) in [7, 11) is 1.38. The zero-order chi connectivity index (χ0) is 10.6. The van der Waals surface area contributed by atoms with Crippen molar-refractivity contribution in [3.63, 3.8) is 0 Å². The Bertz CT molecular complexity index is 339. The van der Waals surface area contributed by atoms with Gasteiger partial charge in [0.1, 0.15) is 0 Å². The molecule has 1 aromatic rings. The van der Waals surface area contributed by atoms with E-state index in [-0.39, 0.29) is 5.91 Å². The molecule has 4 N–H and O–H groups in total. The van der Waals surface area contributed by atoms with Gasteiger partial charge in [-0.25, -0.2) is 5.48 Å². The molecular weight excluding hydrogens is 182 g/mol. The predicted octanol–water partition coefficient (Wildman–Crippen LogP) is 0.572. The van der Waals surface area contributed by atoms with E-state index in [9.17, 15) is 4.79 Å². The van der Waals surface area contributed by atoms with Gasteiger partial charge in [0.15, 0.2) is 0 Å². The molecule has 0 radical (unpaired) electrons. The van der Waals surface area contributed by atoms with E-state index < -0.39 is 0 Å². The summed E-state index contributed by atoms with van der Waals surface area (Å²) in [6, 6.07) is 5.16. The molecule has 0 heterocycles. The first-order valence-corrected chi connectivity index (χ1v) is 4.09. The predicted molar refractivity (Wildman–Crippen MR) is 53.5 cm³/mol. The molecule has 5 heteroatoms. The number of nitrogen functional groups attached to an aromatic ring is 1. The number of benzene rings is 1. The lowest BCUT2D eigenvalue weighted by Crippen LogP contribution is -2.22. The van der Waals surface area contributed by atoms with Gasteiger partial charge in [0.05, 0.1) is 12.8 Å². The topological polar surface area (TPSA) is 76.4 Å². The van der Waals surface area contributed by atoms with Crippen LogP contribution in [-0.2, 0) is 4.84 Å². The lowest BCUT2D eigenvalue weighted by molar-refractivity contribution is 0.0537. The smallest absolute Gasteiger partial charge is 0.274 e. The number of aryl methyl sites for hydroxylation is 1. The van der Waals surface area contributed by atoms with Crippen LogP contribution in [0, 0.1) is 6.92 Å². The van der Waals surface area contributed by atoms with Gasteiger partial charge in [0.2, 0.25) is 0 Å². The van der Waals surface area contributed by atoms with Gasteiger partial charge >= 0.3 is 0 Å². The van der Waals surface area contributed by atoms with Crippen LogP contribution in [0.1, 0.15) is 15.9 Å². The maximum atomic E-state index is 11.3.